The first-order chi connectivity index (χ1) is 39.0. The van der Waals surface area contributed by atoms with Crippen LogP contribution in [0.5, 0.6) is 0 Å². The Morgan fingerprint density at radius 1 is 0.354 bits per heavy atom. The summed E-state index contributed by atoms with van der Waals surface area (Å²) >= 11 is 0. The monoisotopic (exact) mass is 1110 g/mol. The summed E-state index contributed by atoms with van der Waals surface area (Å²) in [5.41, 5.74) is 0. The van der Waals surface area contributed by atoms with Gasteiger partial charge in [0.1, 0.15) is 0 Å². The van der Waals surface area contributed by atoms with Crippen LogP contribution in [0.3, 0.4) is 0 Å². The summed E-state index contributed by atoms with van der Waals surface area (Å²) in [7, 11) is 0. The van der Waals surface area contributed by atoms with Crippen molar-refractivity contribution >= 4 is 11.9 Å². The molecule has 0 aromatic rings. The molecule has 0 radical (unpaired) electrons. The van der Waals surface area contributed by atoms with E-state index in [2.05, 4.69) is 67.8 Å². The molecule has 0 saturated heterocycles. The number of ether oxygens (including phenoxy) is 1. The van der Waals surface area contributed by atoms with Gasteiger partial charge in [0.05, 0.1) is 25.4 Å². The zero-order valence-electron chi connectivity index (χ0n) is 52.9. The van der Waals surface area contributed by atoms with Crippen molar-refractivity contribution in [3.63, 3.8) is 0 Å². The van der Waals surface area contributed by atoms with Crippen LogP contribution in [0, 0.1) is 0 Å². The van der Waals surface area contributed by atoms with E-state index in [-0.39, 0.29) is 18.5 Å². The molecule has 6 nitrogen and oxygen atoms in total. The second kappa shape index (κ2) is 68.1. The highest BCUT2D eigenvalue weighted by molar-refractivity contribution is 5.76. The zero-order chi connectivity index (χ0) is 57.1. The second-order valence-electron chi connectivity index (χ2n) is 23.9. The quantitative estimate of drug-likeness (QED) is 0.0320. The van der Waals surface area contributed by atoms with Crippen LogP contribution in [0.2, 0.25) is 0 Å². The molecule has 0 rings (SSSR count). The van der Waals surface area contributed by atoms with E-state index in [1.807, 2.05) is 6.08 Å². The molecule has 0 spiro atoms. The fourth-order valence-electron chi connectivity index (χ4n) is 10.6. The maximum absolute atomic E-state index is 12.5. The van der Waals surface area contributed by atoms with Gasteiger partial charge in [0.2, 0.25) is 5.91 Å². The van der Waals surface area contributed by atoms with Gasteiger partial charge in [0.25, 0.3) is 0 Å². The van der Waals surface area contributed by atoms with Crippen molar-refractivity contribution in [3.8, 4) is 0 Å². The smallest absolute Gasteiger partial charge is 0.305 e. The predicted octanol–water partition coefficient (Wildman–Crippen LogP) is 22.6. The Hall–Kier alpha value is -2.44. The number of hydrogen-bond donors (Lipinski definition) is 3. The lowest BCUT2D eigenvalue weighted by molar-refractivity contribution is -0.143. The molecular weight excluding hydrogens is 971 g/mol. The summed E-state index contributed by atoms with van der Waals surface area (Å²) < 4.78 is 5.50. The van der Waals surface area contributed by atoms with Crippen molar-refractivity contribution in [3.05, 3.63) is 60.8 Å². The standard InChI is InChI=1S/C73H135NO5/c1-3-5-7-9-11-13-15-17-19-21-23-30-33-37-41-45-49-53-57-61-65-71(76)70(69-75)74-72(77)66-62-58-54-50-46-42-38-34-31-27-25-24-26-28-32-36-40-44-48-52-56-60-64-68-79-73(78)67-63-59-55-51-47-43-39-35-29-22-20-18-16-14-12-10-8-6-4-2/h12,14,18,20,24,26-27,31,61,65,70-71,75-76H,3-11,13,15-17,19,21-23,25,28-30,32-60,62-64,66-69H2,1-2H3,(H,74,77)/b14-12-,20-18-,26-24-,31-27-,65-61+. The second-order valence-corrected chi connectivity index (χ2v) is 23.9. The van der Waals surface area contributed by atoms with Crippen LogP contribution in [-0.4, -0.2) is 47.4 Å². The minimum Gasteiger partial charge on any atom is -0.466 e. The zero-order valence-corrected chi connectivity index (χ0v) is 52.9. The van der Waals surface area contributed by atoms with E-state index in [1.54, 1.807) is 6.08 Å². The SMILES string of the molecule is CCCCC/C=C\C/C=C\CCCCCCCCCCCC(=O)OCCCCCCCCCCC/C=C\C/C=C\CCCCCCCCCC(=O)NC(CO)C(O)/C=C/CCCCCCCCCCCCCCCCCCCC. The highest BCUT2D eigenvalue weighted by Crippen LogP contribution is 2.17. The summed E-state index contributed by atoms with van der Waals surface area (Å²) in [4.78, 5) is 24.6. The van der Waals surface area contributed by atoms with Crippen molar-refractivity contribution in [2.75, 3.05) is 13.2 Å². The van der Waals surface area contributed by atoms with Gasteiger partial charge in [-0.2, -0.15) is 0 Å². The summed E-state index contributed by atoms with van der Waals surface area (Å²) in [6.45, 7) is 4.89. The molecule has 0 aliphatic rings. The third kappa shape index (κ3) is 64.6. The van der Waals surface area contributed by atoms with Crippen LogP contribution in [0.15, 0.2) is 60.8 Å². The summed E-state index contributed by atoms with van der Waals surface area (Å²) in [6, 6.07) is -0.638. The summed E-state index contributed by atoms with van der Waals surface area (Å²) in [6.07, 6.45) is 90.0. The highest BCUT2D eigenvalue weighted by atomic mass is 16.5. The molecule has 2 unspecified atom stereocenters. The number of carbonyl (C=O) groups is 2. The Labute approximate surface area is 492 Å². The number of hydrogen-bond acceptors (Lipinski definition) is 5. The lowest BCUT2D eigenvalue weighted by atomic mass is 10.0. The molecule has 0 aromatic carbocycles. The molecule has 0 aliphatic carbocycles. The van der Waals surface area contributed by atoms with Crippen LogP contribution >= 0.6 is 0 Å². The van der Waals surface area contributed by atoms with Crippen molar-refractivity contribution in [1.29, 1.82) is 0 Å². The minimum atomic E-state index is -0.853. The summed E-state index contributed by atoms with van der Waals surface area (Å²) in [5.74, 6) is -0.0736. The maximum atomic E-state index is 12.5. The van der Waals surface area contributed by atoms with Gasteiger partial charge in [-0.3, -0.25) is 9.59 Å². The van der Waals surface area contributed by atoms with E-state index < -0.39 is 12.1 Å². The molecule has 0 aliphatic heterocycles. The van der Waals surface area contributed by atoms with Gasteiger partial charge in [0, 0.05) is 12.8 Å². The topological polar surface area (TPSA) is 95.9 Å². The number of esters is 1. The molecule has 3 N–H and O–H groups in total. The van der Waals surface area contributed by atoms with Gasteiger partial charge in [-0.15, -0.1) is 0 Å². The molecular formula is C73H135NO5. The Kier molecular flexibility index (Phi) is 66.0. The molecule has 0 bridgehead atoms. The van der Waals surface area contributed by atoms with Crippen LogP contribution in [0.1, 0.15) is 367 Å². The molecule has 0 aromatic heterocycles. The van der Waals surface area contributed by atoms with Crippen LogP contribution in [-0.2, 0) is 14.3 Å². The number of unbranched alkanes of at least 4 members (excludes halogenated alkanes) is 46. The van der Waals surface area contributed by atoms with Gasteiger partial charge in [0.15, 0.2) is 0 Å². The minimum absolute atomic E-state index is 0.00272. The predicted molar refractivity (Wildman–Crippen MR) is 347 cm³/mol. The lowest BCUT2D eigenvalue weighted by Gasteiger charge is -2.20. The van der Waals surface area contributed by atoms with Crippen LogP contribution in [0.25, 0.3) is 0 Å². The van der Waals surface area contributed by atoms with Gasteiger partial charge < -0.3 is 20.3 Å². The Balaban J connectivity index is 3.47. The Morgan fingerprint density at radius 2 is 0.633 bits per heavy atom. The third-order valence-corrected chi connectivity index (χ3v) is 16.0. The largest absolute Gasteiger partial charge is 0.466 e. The fourth-order valence-corrected chi connectivity index (χ4v) is 10.6. The highest BCUT2D eigenvalue weighted by Gasteiger charge is 2.18. The van der Waals surface area contributed by atoms with Gasteiger partial charge in [-0.1, -0.05) is 319 Å². The first kappa shape index (κ1) is 76.6. The van der Waals surface area contributed by atoms with E-state index in [1.165, 1.54) is 270 Å². The number of aliphatic hydroxyl groups is 2. The van der Waals surface area contributed by atoms with E-state index in [0.29, 0.717) is 19.4 Å². The summed E-state index contributed by atoms with van der Waals surface area (Å²) in [5, 5.41) is 23.2. The molecule has 462 valence electrons. The molecule has 79 heavy (non-hydrogen) atoms. The van der Waals surface area contributed by atoms with Crippen molar-refractivity contribution in [1.82, 2.24) is 5.32 Å². The first-order valence-electron chi connectivity index (χ1n) is 35.1. The van der Waals surface area contributed by atoms with Crippen LogP contribution in [0.4, 0.5) is 0 Å². The van der Waals surface area contributed by atoms with E-state index in [9.17, 15) is 19.8 Å². The maximum Gasteiger partial charge on any atom is 0.305 e. The normalized spacial score (nSPS) is 12.9. The van der Waals surface area contributed by atoms with E-state index in [0.717, 1.165) is 70.6 Å². The number of allylic oxidation sites excluding steroid dienone is 9. The van der Waals surface area contributed by atoms with E-state index >= 15 is 0 Å². The molecule has 0 saturated carbocycles. The molecule has 6 heteroatoms. The van der Waals surface area contributed by atoms with Gasteiger partial charge >= 0.3 is 5.97 Å². The van der Waals surface area contributed by atoms with Crippen molar-refractivity contribution in [2.45, 2.75) is 379 Å². The molecule has 0 heterocycles. The van der Waals surface area contributed by atoms with Crippen LogP contribution < -0.4 is 5.32 Å². The van der Waals surface area contributed by atoms with Crippen molar-refractivity contribution < 1.29 is 24.5 Å². The molecule has 1 amide bonds. The molecule has 2 atom stereocenters. The number of rotatable bonds is 65. The Morgan fingerprint density at radius 3 is 0.987 bits per heavy atom. The van der Waals surface area contributed by atoms with Crippen molar-refractivity contribution in [2.24, 2.45) is 0 Å². The first-order valence-corrected chi connectivity index (χ1v) is 35.1. The van der Waals surface area contributed by atoms with Gasteiger partial charge in [-0.05, 0) is 96.3 Å². The average Bonchev–Trinajstić information content (AvgIpc) is 3.45. The number of amides is 1. The number of nitrogens with one attached hydrogen (secondary N) is 1. The third-order valence-electron chi connectivity index (χ3n) is 16.0. The van der Waals surface area contributed by atoms with E-state index in [4.69, 9.17) is 4.74 Å². The van der Waals surface area contributed by atoms with Gasteiger partial charge in [-0.25, -0.2) is 0 Å². The Bertz CT molecular complexity index is 1370. The number of carbonyl (C=O) groups excluding carboxylic acids is 2. The fraction of sp³-hybridized carbons (Fsp3) is 0.836. The molecule has 0 fully saturated rings. The average molecular weight is 1110 g/mol. The lowest BCUT2D eigenvalue weighted by Crippen LogP contribution is -2.45. The number of aliphatic hydroxyl groups excluding tert-OH is 2.